The first-order valence-corrected chi connectivity index (χ1v) is 10.4. The lowest BCUT2D eigenvalue weighted by atomic mass is 9.82. The van der Waals surface area contributed by atoms with E-state index < -0.39 is 11.5 Å². The summed E-state index contributed by atoms with van der Waals surface area (Å²) in [4.78, 5) is 12.9. The molecular formula is C21H25ClF2N2O3. The lowest BCUT2D eigenvalue weighted by Gasteiger charge is -2.35. The van der Waals surface area contributed by atoms with Crippen molar-refractivity contribution in [2.45, 2.75) is 62.7 Å². The van der Waals surface area contributed by atoms with Gasteiger partial charge in [0.05, 0.1) is 27.8 Å². The zero-order valence-corrected chi connectivity index (χ0v) is 16.9. The fraction of sp³-hybridized carbons (Fsp3) is 0.571. The molecule has 1 saturated heterocycles. The Kier molecular flexibility index (Phi) is 5.57. The van der Waals surface area contributed by atoms with E-state index in [2.05, 4.69) is 5.32 Å². The highest BCUT2D eigenvalue weighted by Gasteiger charge is 2.42. The number of aliphatic hydroxyl groups is 1. The van der Waals surface area contributed by atoms with Crippen LogP contribution in [0.25, 0.3) is 10.9 Å². The van der Waals surface area contributed by atoms with Crippen LogP contribution in [0.4, 0.5) is 8.78 Å². The first-order chi connectivity index (χ1) is 13.8. The van der Waals surface area contributed by atoms with Gasteiger partial charge in [-0.2, -0.15) is 0 Å². The van der Waals surface area contributed by atoms with Gasteiger partial charge in [-0.05, 0) is 37.8 Å². The first-order valence-electron chi connectivity index (χ1n) is 10.0. The molecule has 5 nitrogen and oxygen atoms in total. The van der Waals surface area contributed by atoms with E-state index in [-0.39, 0.29) is 44.2 Å². The summed E-state index contributed by atoms with van der Waals surface area (Å²) in [6, 6.07) is 5.47. The van der Waals surface area contributed by atoms with Crippen molar-refractivity contribution in [1.29, 1.82) is 0 Å². The molecule has 1 aromatic carbocycles. The van der Waals surface area contributed by atoms with Crippen molar-refractivity contribution in [3.63, 3.8) is 0 Å². The highest BCUT2D eigenvalue weighted by atomic mass is 35.5. The molecule has 29 heavy (non-hydrogen) atoms. The van der Waals surface area contributed by atoms with Crippen molar-refractivity contribution in [1.82, 2.24) is 9.88 Å². The monoisotopic (exact) mass is 426 g/mol. The predicted octanol–water partition coefficient (Wildman–Crippen LogP) is 4.14. The second kappa shape index (κ2) is 7.85. The molecule has 1 aromatic heterocycles. The average molecular weight is 427 g/mol. The number of ether oxygens (including phenoxy) is 1. The van der Waals surface area contributed by atoms with E-state index in [0.29, 0.717) is 22.5 Å². The number of nitrogens with one attached hydrogen (secondary N) is 1. The molecule has 1 aliphatic carbocycles. The smallest absolute Gasteiger partial charge is 0.253 e. The second-order valence-corrected chi connectivity index (χ2v) is 8.63. The largest absolute Gasteiger partial charge is 0.388 e. The van der Waals surface area contributed by atoms with Gasteiger partial charge >= 0.3 is 0 Å². The standard InChI is InChI=1S/C21H25ClF2N2O3/c22-16-4-1-5-17-18(16)15(12-26(17)11-14-3-2-10-29-14)19(27)25-13-20(28)6-8-21(23,24)9-7-20/h1,4-5,12,14,28H,2-3,6-11,13H2,(H,25,27)/t14-/m1/s1. The number of benzene rings is 1. The summed E-state index contributed by atoms with van der Waals surface area (Å²) < 4.78 is 34.4. The van der Waals surface area contributed by atoms with E-state index in [4.69, 9.17) is 16.3 Å². The van der Waals surface area contributed by atoms with E-state index in [1.165, 1.54) is 0 Å². The molecule has 2 N–H and O–H groups in total. The number of halogens is 3. The van der Waals surface area contributed by atoms with Crippen molar-refractivity contribution in [3.8, 4) is 0 Å². The summed E-state index contributed by atoms with van der Waals surface area (Å²) in [5, 5.41) is 14.4. The van der Waals surface area contributed by atoms with Gasteiger partial charge < -0.3 is 19.7 Å². The van der Waals surface area contributed by atoms with Crippen LogP contribution in [0.15, 0.2) is 24.4 Å². The molecule has 4 rings (SSSR count). The Bertz CT molecular complexity index is 899. The predicted molar refractivity (Wildman–Crippen MR) is 107 cm³/mol. The summed E-state index contributed by atoms with van der Waals surface area (Å²) in [6.07, 6.45) is 3.04. The molecule has 0 unspecified atom stereocenters. The molecule has 0 radical (unpaired) electrons. The summed E-state index contributed by atoms with van der Waals surface area (Å²) in [7, 11) is 0. The molecule has 2 aromatic rings. The van der Waals surface area contributed by atoms with Crippen LogP contribution in [-0.2, 0) is 11.3 Å². The van der Waals surface area contributed by atoms with Gasteiger partial charge in [0.1, 0.15) is 0 Å². The van der Waals surface area contributed by atoms with Crippen molar-refractivity contribution in [2.75, 3.05) is 13.2 Å². The van der Waals surface area contributed by atoms with Crippen molar-refractivity contribution < 1.29 is 23.4 Å². The third-order valence-electron chi connectivity index (χ3n) is 6.01. The molecule has 158 valence electrons. The number of aromatic nitrogens is 1. The number of carbonyl (C=O) groups excluding carboxylic acids is 1. The zero-order chi connectivity index (χ0) is 20.6. The van der Waals surface area contributed by atoms with Gasteiger partial charge in [0.25, 0.3) is 5.91 Å². The van der Waals surface area contributed by atoms with Crippen LogP contribution in [0, 0.1) is 0 Å². The van der Waals surface area contributed by atoms with Gasteiger partial charge in [0, 0.05) is 44.1 Å². The zero-order valence-electron chi connectivity index (χ0n) is 16.1. The molecule has 2 fully saturated rings. The quantitative estimate of drug-likeness (QED) is 0.755. The molecule has 1 saturated carbocycles. The molecule has 0 spiro atoms. The number of alkyl halides is 2. The maximum atomic E-state index is 13.4. The normalized spacial score (nSPS) is 23.4. The van der Waals surface area contributed by atoms with Crippen molar-refractivity contribution in [3.05, 3.63) is 35.0 Å². The van der Waals surface area contributed by atoms with Gasteiger partial charge in [-0.25, -0.2) is 8.78 Å². The lowest BCUT2D eigenvalue weighted by molar-refractivity contribution is -0.101. The van der Waals surface area contributed by atoms with Gasteiger partial charge in [-0.1, -0.05) is 17.7 Å². The molecule has 1 amide bonds. The topological polar surface area (TPSA) is 63.5 Å². The highest BCUT2D eigenvalue weighted by Crippen LogP contribution is 2.38. The van der Waals surface area contributed by atoms with Crippen LogP contribution in [0.2, 0.25) is 5.02 Å². The Labute approximate surface area is 173 Å². The van der Waals surface area contributed by atoms with Gasteiger partial charge in [0.2, 0.25) is 5.92 Å². The third-order valence-corrected chi connectivity index (χ3v) is 6.33. The Morgan fingerprint density at radius 3 is 2.76 bits per heavy atom. The van der Waals surface area contributed by atoms with Crippen molar-refractivity contribution >= 4 is 28.4 Å². The SMILES string of the molecule is O=C(NCC1(O)CCC(F)(F)CC1)c1cn(C[C@H]2CCCO2)c2cccc(Cl)c12. The van der Waals surface area contributed by atoms with Crippen LogP contribution in [0.3, 0.4) is 0 Å². The van der Waals surface area contributed by atoms with Gasteiger partial charge in [-0.3, -0.25) is 4.79 Å². The molecule has 2 heterocycles. The Hall–Kier alpha value is -1.70. The Morgan fingerprint density at radius 2 is 2.07 bits per heavy atom. The fourth-order valence-electron chi connectivity index (χ4n) is 4.24. The van der Waals surface area contributed by atoms with Crippen LogP contribution < -0.4 is 5.32 Å². The van der Waals surface area contributed by atoms with Gasteiger partial charge in [0.15, 0.2) is 0 Å². The molecule has 8 heteroatoms. The molecule has 1 atom stereocenters. The Balaban J connectivity index is 1.52. The second-order valence-electron chi connectivity index (χ2n) is 8.23. The minimum atomic E-state index is -2.74. The first kappa shape index (κ1) is 20.6. The minimum Gasteiger partial charge on any atom is -0.388 e. The highest BCUT2D eigenvalue weighted by molar-refractivity contribution is 6.36. The summed E-state index contributed by atoms with van der Waals surface area (Å²) in [5.74, 6) is -3.11. The Morgan fingerprint density at radius 1 is 1.31 bits per heavy atom. The van der Waals surface area contributed by atoms with Crippen molar-refractivity contribution in [2.24, 2.45) is 0 Å². The molecular weight excluding hydrogens is 402 g/mol. The average Bonchev–Trinajstić information content (AvgIpc) is 3.32. The number of hydrogen-bond acceptors (Lipinski definition) is 3. The number of amides is 1. The van der Waals surface area contributed by atoms with E-state index in [1.54, 1.807) is 12.3 Å². The number of carbonyl (C=O) groups is 1. The van der Waals surface area contributed by atoms with E-state index in [9.17, 15) is 18.7 Å². The summed E-state index contributed by atoms with van der Waals surface area (Å²) >= 11 is 6.39. The van der Waals surface area contributed by atoms with Crippen LogP contribution in [0.5, 0.6) is 0 Å². The fourth-order valence-corrected chi connectivity index (χ4v) is 4.51. The van der Waals surface area contributed by atoms with E-state index >= 15 is 0 Å². The molecule has 1 aliphatic heterocycles. The van der Waals surface area contributed by atoms with Crippen LogP contribution in [-0.4, -0.2) is 46.4 Å². The molecule has 2 aliphatic rings. The van der Waals surface area contributed by atoms with E-state index in [1.807, 2.05) is 16.7 Å². The summed E-state index contributed by atoms with van der Waals surface area (Å²) in [6.45, 7) is 1.31. The number of hydrogen-bond donors (Lipinski definition) is 2. The maximum absolute atomic E-state index is 13.4. The van der Waals surface area contributed by atoms with Crippen LogP contribution >= 0.6 is 11.6 Å². The third kappa shape index (κ3) is 4.42. The number of rotatable bonds is 5. The summed E-state index contributed by atoms with van der Waals surface area (Å²) in [5.41, 5.74) is -0.0560. The lowest BCUT2D eigenvalue weighted by Crippen LogP contribution is -2.47. The van der Waals surface area contributed by atoms with E-state index in [0.717, 1.165) is 25.0 Å². The number of nitrogens with zero attached hydrogens (tertiary/aromatic N) is 1. The molecule has 0 bridgehead atoms. The number of fused-ring (bicyclic) bond motifs is 1. The van der Waals surface area contributed by atoms with Gasteiger partial charge in [-0.15, -0.1) is 0 Å². The minimum absolute atomic E-state index is 0.0399. The maximum Gasteiger partial charge on any atom is 0.253 e. The van der Waals surface area contributed by atoms with Crippen LogP contribution in [0.1, 0.15) is 48.9 Å².